The van der Waals surface area contributed by atoms with E-state index in [1.807, 2.05) is 30.3 Å². The zero-order chi connectivity index (χ0) is 12.4. The highest BCUT2D eigenvalue weighted by molar-refractivity contribution is 6.29. The maximum Gasteiger partial charge on any atom is 0.256 e. The van der Waals surface area contributed by atoms with Crippen molar-refractivity contribution in [3.63, 3.8) is 0 Å². The topological polar surface area (TPSA) is 52.3 Å². The number of aromatic nitrogens is 4. The molecule has 6 heteroatoms. The summed E-state index contributed by atoms with van der Waals surface area (Å²) in [5, 5.41) is 4.36. The molecule has 3 rings (SSSR count). The predicted molar refractivity (Wildman–Crippen MR) is 66.6 cm³/mol. The predicted octanol–water partition coefficient (Wildman–Crippen LogP) is 2.36. The van der Waals surface area contributed by atoms with Gasteiger partial charge in [-0.1, -0.05) is 41.9 Å². The van der Waals surface area contributed by atoms with E-state index in [-0.39, 0.29) is 0 Å². The van der Waals surface area contributed by atoms with Crippen LogP contribution in [0.3, 0.4) is 0 Å². The Kier molecular flexibility index (Phi) is 2.82. The van der Waals surface area contributed by atoms with Crippen LogP contribution >= 0.6 is 11.6 Å². The second-order valence-corrected chi connectivity index (χ2v) is 4.05. The van der Waals surface area contributed by atoms with E-state index in [9.17, 15) is 0 Å². The first-order valence-corrected chi connectivity index (χ1v) is 5.74. The third kappa shape index (κ3) is 2.12. The molecule has 3 aromatic rings. The van der Waals surface area contributed by atoms with E-state index in [0.717, 1.165) is 5.56 Å². The quantitative estimate of drug-likeness (QED) is 0.679. The molecule has 0 aliphatic carbocycles. The van der Waals surface area contributed by atoms with Gasteiger partial charge in [-0.2, -0.15) is 19.6 Å². The van der Waals surface area contributed by atoms with Gasteiger partial charge in [-0.05, 0) is 5.56 Å². The lowest BCUT2D eigenvalue weighted by molar-refractivity contribution is 0.285. The molecule has 0 spiro atoms. The van der Waals surface area contributed by atoms with Crippen LogP contribution in [0.5, 0.6) is 5.88 Å². The fourth-order valence-electron chi connectivity index (χ4n) is 1.59. The number of fused-ring (bicyclic) bond motifs is 1. The fraction of sp³-hybridized carbons (Fsp3) is 0.0833. The van der Waals surface area contributed by atoms with Gasteiger partial charge in [-0.3, -0.25) is 0 Å². The van der Waals surface area contributed by atoms with Crippen LogP contribution < -0.4 is 4.74 Å². The van der Waals surface area contributed by atoms with Crippen LogP contribution in [-0.2, 0) is 6.61 Å². The van der Waals surface area contributed by atoms with E-state index in [1.165, 1.54) is 10.8 Å². The molecular formula is C12H9ClN4O. The van der Waals surface area contributed by atoms with Gasteiger partial charge in [0, 0.05) is 6.07 Å². The van der Waals surface area contributed by atoms with Gasteiger partial charge < -0.3 is 4.74 Å². The van der Waals surface area contributed by atoms with Gasteiger partial charge in [-0.15, -0.1) is 0 Å². The maximum atomic E-state index is 5.89. The molecule has 0 aliphatic heterocycles. The minimum atomic E-state index is 0.332. The summed E-state index contributed by atoms with van der Waals surface area (Å²) in [5.74, 6) is 0.942. The van der Waals surface area contributed by atoms with Gasteiger partial charge in [0.25, 0.3) is 5.78 Å². The fourth-order valence-corrected chi connectivity index (χ4v) is 1.76. The van der Waals surface area contributed by atoms with Crippen molar-refractivity contribution in [1.82, 2.24) is 19.6 Å². The number of hydrogen-bond donors (Lipinski definition) is 0. The van der Waals surface area contributed by atoms with Gasteiger partial charge in [0.15, 0.2) is 0 Å². The van der Waals surface area contributed by atoms with Crippen molar-refractivity contribution >= 4 is 17.4 Å². The molecule has 1 aromatic carbocycles. The van der Waals surface area contributed by atoms with Crippen molar-refractivity contribution in [3.05, 3.63) is 53.4 Å². The zero-order valence-corrected chi connectivity index (χ0v) is 10.1. The van der Waals surface area contributed by atoms with Crippen molar-refractivity contribution in [2.45, 2.75) is 6.61 Å². The Morgan fingerprint density at radius 3 is 2.89 bits per heavy atom. The van der Waals surface area contributed by atoms with Crippen LogP contribution in [0.2, 0.25) is 5.15 Å². The van der Waals surface area contributed by atoms with E-state index in [0.29, 0.717) is 23.4 Å². The van der Waals surface area contributed by atoms with Gasteiger partial charge in [0.1, 0.15) is 18.1 Å². The number of halogens is 1. The first-order valence-electron chi connectivity index (χ1n) is 5.36. The van der Waals surface area contributed by atoms with Crippen molar-refractivity contribution in [2.24, 2.45) is 0 Å². The number of benzene rings is 1. The Morgan fingerprint density at radius 2 is 2.06 bits per heavy atom. The molecule has 0 N–H and O–H groups in total. The van der Waals surface area contributed by atoms with Gasteiger partial charge in [0.05, 0.1) is 0 Å². The highest BCUT2D eigenvalue weighted by Crippen LogP contribution is 2.17. The minimum Gasteiger partial charge on any atom is -0.473 e. The summed E-state index contributed by atoms with van der Waals surface area (Å²) >= 11 is 5.89. The van der Waals surface area contributed by atoms with Crippen LogP contribution in [0, 0.1) is 0 Å². The first-order chi connectivity index (χ1) is 8.83. The Labute approximate surface area is 108 Å². The van der Waals surface area contributed by atoms with Crippen molar-refractivity contribution in [1.29, 1.82) is 0 Å². The van der Waals surface area contributed by atoms with E-state index in [2.05, 4.69) is 15.1 Å². The van der Waals surface area contributed by atoms with E-state index >= 15 is 0 Å². The molecule has 0 radical (unpaired) electrons. The van der Waals surface area contributed by atoms with Crippen LogP contribution in [0.25, 0.3) is 5.78 Å². The van der Waals surface area contributed by atoms with Gasteiger partial charge in [0.2, 0.25) is 5.88 Å². The summed E-state index contributed by atoms with van der Waals surface area (Å²) in [7, 11) is 0. The molecule has 2 aromatic heterocycles. The van der Waals surface area contributed by atoms with Crippen LogP contribution in [0.4, 0.5) is 0 Å². The summed E-state index contributed by atoms with van der Waals surface area (Å²) < 4.78 is 7.19. The maximum absolute atomic E-state index is 5.89. The Morgan fingerprint density at radius 1 is 1.22 bits per heavy atom. The minimum absolute atomic E-state index is 0.332. The Balaban J connectivity index is 1.88. The molecule has 0 saturated carbocycles. The highest BCUT2D eigenvalue weighted by Gasteiger charge is 2.07. The molecule has 0 atom stereocenters. The molecule has 5 nitrogen and oxygen atoms in total. The summed E-state index contributed by atoms with van der Waals surface area (Å²) in [4.78, 5) is 8.00. The molecule has 0 saturated heterocycles. The monoisotopic (exact) mass is 260 g/mol. The van der Waals surface area contributed by atoms with E-state index in [1.54, 1.807) is 6.07 Å². The smallest absolute Gasteiger partial charge is 0.256 e. The van der Waals surface area contributed by atoms with Crippen LogP contribution in [0.1, 0.15) is 5.56 Å². The third-order valence-electron chi connectivity index (χ3n) is 2.42. The van der Waals surface area contributed by atoms with Crippen molar-refractivity contribution in [2.75, 3.05) is 0 Å². The lowest BCUT2D eigenvalue weighted by Gasteiger charge is -2.07. The Bertz CT molecular complexity index is 668. The number of nitrogens with zero attached hydrogens (tertiary/aromatic N) is 4. The summed E-state index contributed by atoms with van der Waals surface area (Å²) in [6.45, 7) is 0.441. The summed E-state index contributed by atoms with van der Waals surface area (Å²) in [6, 6.07) is 11.5. The second-order valence-electron chi connectivity index (χ2n) is 3.66. The number of hydrogen-bond acceptors (Lipinski definition) is 4. The van der Waals surface area contributed by atoms with E-state index < -0.39 is 0 Å². The molecule has 90 valence electrons. The van der Waals surface area contributed by atoms with E-state index in [4.69, 9.17) is 16.3 Å². The molecule has 0 unspecified atom stereocenters. The highest BCUT2D eigenvalue weighted by atomic mass is 35.5. The molecule has 2 heterocycles. The summed E-state index contributed by atoms with van der Waals surface area (Å²) in [5.41, 5.74) is 1.07. The standard InChI is InChI=1S/C12H9ClN4O/c13-10-6-11(17-12(16-10)14-8-15-17)18-7-9-4-2-1-3-5-9/h1-6,8H,7H2. The largest absolute Gasteiger partial charge is 0.473 e. The number of ether oxygens (including phenoxy) is 1. The SMILES string of the molecule is Clc1cc(OCc2ccccc2)n2ncnc2n1. The van der Waals surface area contributed by atoms with Crippen molar-refractivity contribution in [3.8, 4) is 5.88 Å². The van der Waals surface area contributed by atoms with Crippen LogP contribution in [-0.4, -0.2) is 19.6 Å². The molecule has 0 aliphatic rings. The molecule has 0 bridgehead atoms. The zero-order valence-electron chi connectivity index (χ0n) is 9.32. The lowest BCUT2D eigenvalue weighted by atomic mass is 10.2. The normalized spacial score (nSPS) is 10.7. The lowest BCUT2D eigenvalue weighted by Crippen LogP contribution is -2.02. The molecule has 0 fully saturated rings. The third-order valence-corrected chi connectivity index (χ3v) is 2.61. The average molecular weight is 261 g/mol. The molecular weight excluding hydrogens is 252 g/mol. The summed E-state index contributed by atoms with van der Waals surface area (Å²) in [6.07, 6.45) is 1.41. The first kappa shape index (κ1) is 11.0. The van der Waals surface area contributed by atoms with Gasteiger partial charge in [-0.25, -0.2) is 0 Å². The van der Waals surface area contributed by atoms with Crippen molar-refractivity contribution < 1.29 is 4.74 Å². The average Bonchev–Trinajstić information content (AvgIpc) is 2.85. The molecule has 18 heavy (non-hydrogen) atoms. The Hall–Kier alpha value is -2.14. The van der Waals surface area contributed by atoms with Gasteiger partial charge >= 0.3 is 0 Å². The van der Waals surface area contributed by atoms with Crippen LogP contribution in [0.15, 0.2) is 42.7 Å². The number of rotatable bonds is 3. The molecule has 0 amide bonds. The second kappa shape index (κ2) is 4.62.